The maximum Gasteiger partial charge on any atom is 0.0705 e. The van der Waals surface area contributed by atoms with Gasteiger partial charge in [-0.1, -0.05) is 32.0 Å². The van der Waals surface area contributed by atoms with E-state index < -0.39 is 0 Å². The summed E-state index contributed by atoms with van der Waals surface area (Å²) in [7, 11) is 2.13. The minimum absolute atomic E-state index is 0. The number of nitrogens with one attached hydrogen (secondary N) is 1. The van der Waals surface area contributed by atoms with Gasteiger partial charge in [0, 0.05) is 29.9 Å². The molecule has 26 heavy (non-hydrogen) atoms. The molecular weight excluding hydrogens is 344 g/mol. The van der Waals surface area contributed by atoms with Crippen LogP contribution >= 0.6 is 12.4 Å². The van der Waals surface area contributed by atoms with Crippen LogP contribution in [0.3, 0.4) is 0 Å². The first-order valence-electron chi connectivity index (χ1n) is 9.42. The topological polar surface area (TPSA) is 33.1 Å². The van der Waals surface area contributed by atoms with Gasteiger partial charge in [-0.25, -0.2) is 0 Å². The zero-order valence-electron chi connectivity index (χ0n) is 16.4. The van der Waals surface area contributed by atoms with Crippen LogP contribution in [-0.2, 0) is 13.6 Å². The van der Waals surface area contributed by atoms with Crippen LogP contribution in [0.1, 0.15) is 31.7 Å². The lowest BCUT2D eigenvalue weighted by atomic mass is 10.1. The molecule has 0 atom stereocenters. The Morgan fingerprint density at radius 3 is 2.58 bits per heavy atom. The lowest BCUT2D eigenvalue weighted by Gasteiger charge is -2.17. The average Bonchev–Trinajstić information content (AvgIpc) is 2.92. The van der Waals surface area contributed by atoms with Gasteiger partial charge in [-0.3, -0.25) is 4.98 Å². The van der Waals surface area contributed by atoms with E-state index in [2.05, 4.69) is 72.9 Å². The SMILES string of the molecule is CCN(CC)CCCNCc1cc2c3ccccc3n(C)c2c(C)n1.Cl. The van der Waals surface area contributed by atoms with Gasteiger partial charge in [-0.2, -0.15) is 0 Å². The molecular formula is C21H31ClN4. The third-order valence-corrected chi connectivity index (χ3v) is 5.14. The van der Waals surface area contributed by atoms with Crippen LogP contribution < -0.4 is 5.32 Å². The zero-order valence-corrected chi connectivity index (χ0v) is 17.2. The van der Waals surface area contributed by atoms with Crippen molar-refractivity contribution in [3.8, 4) is 0 Å². The number of rotatable bonds is 8. The first-order chi connectivity index (χ1) is 12.2. The first-order valence-corrected chi connectivity index (χ1v) is 9.42. The number of fused-ring (bicyclic) bond motifs is 3. The Kier molecular flexibility index (Phi) is 7.44. The third kappa shape index (κ3) is 4.20. The molecule has 4 nitrogen and oxygen atoms in total. The molecule has 3 aromatic rings. The van der Waals surface area contributed by atoms with Gasteiger partial charge in [-0.05, 0) is 51.7 Å². The Hall–Kier alpha value is -1.62. The molecule has 0 bridgehead atoms. The quantitative estimate of drug-likeness (QED) is 0.597. The second-order valence-corrected chi connectivity index (χ2v) is 6.73. The molecule has 0 unspecified atom stereocenters. The molecule has 0 spiro atoms. The van der Waals surface area contributed by atoms with E-state index in [0.717, 1.165) is 44.1 Å². The summed E-state index contributed by atoms with van der Waals surface area (Å²) in [6.07, 6.45) is 1.18. The number of aryl methyl sites for hydroxylation is 2. The predicted molar refractivity (Wildman–Crippen MR) is 114 cm³/mol. The molecule has 0 saturated heterocycles. The van der Waals surface area contributed by atoms with Gasteiger partial charge in [0.05, 0.1) is 16.9 Å². The van der Waals surface area contributed by atoms with Crippen molar-refractivity contribution >= 4 is 34.2 Å². The number of nitrogens with zero attached hydrogens (tertiary/aromatic N) is 3. The lowest BCUT2D eigenvalue weighted by molar-refractivity contribution is 0.298. The molecule has 3 rings (SSSR count). The molecule has 0 saturated carbocycles. The van der Waals surface area contributed by atoms with Gasteiger partial charge in [-0.15, -0.1) is 12.4 Å². The molecule has 1 N–H and O–H groups in total. The summed E-state index contributed by atoms with van der Waals surface area (Å²) in [5.74, 6) is 0. The highest BCUT2D eigenvalue weighted by atomic mass is 35.5. The fourth-order valence-corrected chi connectivity index (χ4v) is 3.75. The molecule has 0 radical (unpaired) electrons. The Morgan fingerprint density at radius 2 is 1.85 bits per heavy atom. The van der Waals surface area contributed by atoms with Gasteiger partial charge in [0.15, 0.2) is 0 Å². The van der Waals surface area contributed by atoms with E-state index in [0.29, 0.717) is 0 Å². The standard InChI is InChI=1S/C21H30N4.ClH/c1-5-25(6-2)13-9-12-22-15-17-14-19-18-10-7-8-11-20(18)24(4)21(19)16(3)23-17;/h7-8,10-11,14,22H,5-6,9,12-13,15H2,1-4H3;1H. The van der Waals surface area contributed by atoms with Crippen molar-refractivity contribution < 1.29 is 0 Å². The predicted octanol–water partition coefficient (Wildman–Crippen LogP) is 4.28. The van der Waals surface area contributed by atoms with Crippen molar-refractivity contribution in [3.63, 3.8) is 0 Å². The van der Waals surface area contributed by atoms with Crippen molar-refractivity contribution in [1.29, 1.82) is 0 Å². The van der Waals surface area contributed by atoms with E-state index in [-0.39, 0.29) is 12.4 Å². The molecule has 0 aliphatic heterocycles. The Balaban J connectivity index is 0.00000243. The van der Waals surface area contributed by atoms with E-state index in [1.165, 1.54) is 28.2 Å². The lowest BCUT2D eigenvalue weighted by Crippen LogP contribution is -2.27. The van der Waals surface area contributed by atoms with Crippen LogP contribution in [0.2, 0.25) is 0 Å². The van der Waals surface area contributed by atoms with Gasteiger partial charge >= 0.3 is 0 Å². The molecule has 1 aromatic carbocycles. The molecule has 2 aromatic heterocycles. The maximum atomic E-state index is 4.83. The minimum atomic E-state index is 0. The van der Waals surface area contributed by atoms with Crippen LogP contribution in [-0.4, -0.2) is 40.6 Å². The van der Waals surface area contributed by atoms with E-state index in [1.807, 2.05) is 0 Å². The van der Waals surface area contributed by atoms with Crippen LogP contribution in [0, 0.1) is 6.92 Å². The van der Waals surface area contributed by atoms with Crippen LogP contribution in [0.15, 0.2) is 30.3 Å². The third-order valence-electron chi connectivity index (χ3n) is 5.14. The number of aromatic nitrogens is 2. The Labute approximate surface area is 163 Å². The molecule has 142 valence electrons. The molecule has 2 heterocycles. The number of hydrogen-bond acceptors (Lipinski definition) is 3. The highest BCUT2D eigenvalue weighted by molar-refractivity contribution is 6.08. The Bertz CT molecular complexity index is 852. The zero-order chi connectivity index (χ0) is 17.8. The first kappa shape index (κ1) is 20.7. The summed E-state index contributed by atoms with van der Waals surface area (Å²) in [4.78, 5) is 7.29. The number of hydrogen-bond donors (Lipinski definition) is 1. The van der Waals surface area contributed by atoms with E-state index in [4.69, 9.17) is 4.98 Å². The highest BCUT2D eigenvalue weighted by Crippen LogP contribution is 2.29. The van der Waals surface area contributed by atoms with Crippen LogP contribution in [0.4, 0.5) is 0 Å². The van der Waals surface area contributed by atoms with Crippen molar-refractivity contribution in [1.82, 2.24) is 19.8 Å². The van der Waals surface area contributed by atoms with Crippen molar-refractivity contribution in [2.75, 3.05) is 26.2 Å². The molecule has 0 aliphatic carbocycles. The molecule has 5 heteroatoms. The van der Waals surface area contributed by atoms with Crippen LogP contribution in [0.25, 0.3) is 21.8 Å². The smallest absolute Gasteiger partial charge is 0.0705 e. The number of para-hydroxylation sites is 1. The van der Waals surface area contributed by atoms with Crippen molar-refractivity contribution in [2.45, 2.75) is 33.7 Å². The highest BCUT2D eigenvalue weighted by Gasteiger charge is 2.12. The second-order valence-electron chi connectivity index (χ2n) is 6.73. The van der Waals surface area contributed by atoms with E-state index in [1.54, 1.807) is 0 Å². The second kappa shape index (κ2) is 9.36. The summed E-state index contributed by atoms with van der Waals surface area (Å²) in [5, 5.41) is 6.18. The van der Waals surface area contributed by atoms with Gasteiger partial charge < -0.3 is 14.8 Å². The number of pyridine rings is 1. The van der Waals surface area contributed by atoms with Crippen LogP contribution in [0.5, 0.6) is 0 Å². The summed E-state index contributed by atoms with van der Waals surface area (Å²) in [5.41, 5.74) is 4.75. The van der Waals surface area contributed by atoms with Gasteiger partial charge in [0.25, 0.3) is 0 Å². The molecule has 0 amide bonds. The van der Waals surface area contributed by atoms with Crippen molar-refractivity contribution in [2.24, 2.45) is 7.05 Å². The normalized spacial score (nSPS) is 11.4. The maximum absolute atomic E-state index is 4.83. The summed E-state index contributed by atoms with van der Waals surface area (Å²) in [6, 6.07) is 10.9. The van der Waals surface area contributed by atoms with Crippen molar-refractivity contribution in [3.05, 3.63) is 41.7 Å². The monoisotopic (exact) mass is 374 g/mol. The summed E-state index contributed by atoms with van der Waals surface area (Å²) in [6.45, 7) is 11.9. The largest absolute Gasteiger partial charge is 0.342 e. The van der Waals surface area contributed by atoms with Gasteiger partial charge in [0.2, 0.25) is 0 Å². The molecule has 0 aliphatic rings. The average molecular weight is 375 g/mol. The summed E-state index contributed by atoms with van der Waals surface area (Å²) >= 11 is 0. The summed E-state index contributed by atoms with van der Waals surface area (Å²) < 4.78 is 2.26. The molecule has 0 fully saturated rings. The number of halogens is 1. The fraction of sp³-hybridized carbons (Fsp3) is 0.476. The number of benzene rings is 1. The minimum Gasteiger partial charge on any atom is -0.342 e. The fourth-order valence-electron chi connectivity index (χ4n) is 3.75. The van der Waals surface area contributed by atoms with E-state index >= 15 is 0 Å². The van der Waals surface area contributed by atoms with E-state index in [9.17, 15) is 0 Å². The van der Waals surface area contributed by atoms with Gasteiger partial charge in [0.1, 0.15) is 0 Å². The Morgan fingerprint density at radius 1 is 1.12 bits per heavy atom.